The molecule has 1 aromatic rings. The van der Waals surface area contributed by atoms with E-state index in [4.69, 9.17) is 0 Å². The number of anilines is 1. The first-order valence-corrected chi connectivity index (χ1v) is 8.24. The van der Waals surface area contributed by atoms with Crippen LogP contribution in [0, 0.1) is 17.2 Å². The van der Waals surface area contributed by atoms with Crippen LogP contribution in [0.4, 0.5) is 10.1 Å². The van der Waals surface area contributed by atoms with Gasteiger partial charge in [0.05, 0.1) is 0 Å². The molecule has 1 aliphatic carbocycles. The van der Waals surface area contributed by atoms with Crippen LogP contribution in [0.1, 0.15) is 39.5 Å². The minimum absolute atomic E-state index is 0.147. The van der Waals surface area contributed by atoms with Crippen molar-refractivity contribution in [2.45, 2.75) is 39.5 Å². The summed E-state index contributed by atoms with van der Waals surface area (Å²) in [6.07, 6.45) is 5.15. The predicted octanol–water partition coefficient (Wildman–Crippen LogP) is 4.07. The monoisotopic (exact) mass is 292 g/mol. The first kappa shape index (κ1) is 16.3. The smallest absolute Gasteiger partial charge is 0.125 e. The van der Waals surface area contributed by atoms with Crippen molar-refractivity contribution in [2.75, 3.05) is 31.6 Å². The van der Waals surface area contributed by atoms with Gasteiger partial charge in [0.2, 0.25) is 0 Å². The molecule has 0 heterocycles. The Morgan fingerprint density at radius 2 is 2.05 bits per heavy atom. The van der Waals surface area contributed by atoms with Crippen LogP contribution in [0.5, 0.6) is 0 Å². The molecule has 21 heavy (non-hydrogen) atoms. The van der Waals surface area contributed by atoms with Gasteiger partial charge in [-0.15, -0.1) is 0 Å². The average Bonchev–Trinajstić information content (AvgIpc) is 2.48. The maximum Gasteiger partial charge on any atom is 0.125 e. The standard InChI is InChI=1S/C18H29FN2/c1-4-21(17-7-5-6-16(19)12-17)14-18(13-20-3)10-8-15(2)9-11-18/h5-7,12,15,20H,4,8-11,13-14H2,1-3H3. The molecule has 1 aromatic carbocycles. The molecule has 0 saturated heterocycles. The Morgan fingerprint density at radius 1 is 1.33 bits per heavy atom. The molecule has 0 aromatic heterocycles. The summed E-state index contributed by atoms with van der Waals surface area (Å²) in [4.78, 5) is 2.33. The van der Waals surface area contributed by atoms with Crippen molar-refractivity contribution in [1.29, 1.82) is 0 Å². The molecule has 0 unspecified atom stereocenters. The predicted molar refractivity (Wildman–Crippen MR) is 88.3 cm³/mol. The zero-order valence-corrected chi connectivity index (χ0v) is 13.7. The minimum Gasteiger partial charge on any atom is -0.371 e. The van der Waals surface area contributed by atoms with Gasteiger partial charge in [-0.3, -0.25) is 0 Å². The van der Waals surface area contributed by atoms with Crippen LogP contribution in [0.15, 0.2) is 24.3 Å². The van der Waals surface area contributed by atoms with Gasteiger partial charge in [0.1, 0.15) is 5.82 Å². The van der Waals surface area contributed by atoms with Crippen LogP contribution in [-0.2, 0) is 0 Å². The Morgan fingerprint density at radius 3 is 2.62 bits per heavy atom. The van der Waals surface area contributed by atoms with E-state index in [1.807, 2.05) is 13.1 Å². The van der Waals surface area contributed by atoms with E-state index in [0.717, 1.165) is 31.2 Å². The summed E-state index contributed by atoms with van der Waals surface area (Å²) in [6, 6.07) is 7.00. The number of hydrogen-bond acceptors (Lipinski definition) is 2. The SMILES string of the molecule is CCN(CC1(CNC)CCC(C)CC1)c1cccc(F)c1. The van der Waals surface area contributed by atoms with E-state index in [0.29, 0.717) is 5.41 Å². The molecule has 0 aliphatic heterocycles. The highest BCUT2D eigenvalue weighted by molar-refractivity contribution is 5.46. The lowest BCUT2D eigenvalue weighted by molar-refractivity contribution is 0.159. The van der Waals surface area contributed by atoms with E-state index in [1.165, 1.54) is 31.7 Å². The average molecular weight is 292 g/mol. The molecule has 2 nitrogen and oxygen atoms in total. The molecule has 0 bridgehead atoms. The van der Waals surface area contributed by atoms with Gasteiger partial charge in [-0.1, -0.05) is 25.8 Å². The van der Waals surface area contributed by atoms with Gasteiger partial charge in [0.25, 0.3) is 0 Å². The van der Waals surface area contributed by atoms with Gasteiger partial charge >= 0.3 is 0 Å². The van der Waals surface area contributed by atoms with Crippen LogP contribution in [0.25, 0.3) is 0 Å². The lowest BCUT2D eigenvalue weighted by Crippen LogP contribution is -2.45. The Balaban J connectivity index is 2.14. The molecule has 1 saturated carbocycles. The quantitative estimate of drug-likeness (QED) is 0.850. The first-order valence-electron chi connectivity index (χ1n) is 8.24. The van der Waals surface area contributed by atoms with E-state index in [1.54, 1.807) is 12.1 Å². The highest BCUT2D eigenvalue weighted by Gasteiger charge is 2.35. The third-order valence-corrected chi connectivity index (χ3v) is 4.97. The van der Waals surface area contributed by atoms with Crippen molar-refractivity contribution in [1.82, 2.24) is 5.32 Å². The first-order chi connectivity index (χ1) is 10.1. The molecule has 0 atom stereocenters. The van der Waals surface area contributed by atoms with E-state index in [-0.39, 0.29) is 5.82 Å². The molecule has 1 aliphatic rings. The lowest BCUT2D eigenvalue weighted by Gasteiger charge is -2.43. The summed E-state index contributed by atoms with van der Waals surface area (Å²) in [6.45, 7) is 7.49. The molecular formula is C18H29FN2. The Kier molecular flexibility index (Phi) is 5.63. The lowest BCUT2D eigenvalue weighted by atomic mass is 9.70. The van der Waals surface area contributed by atoms with E-state index in [2.05, 4.69) is 24.1 Å². The third-order valence-electron chi connectivity index (χ3n) is 4.97. The van der Waals surface area contributed by atoms with Crippen molar-refractivity contribution in [2.24, 2.45) is 11.3 Å². The molecule has 1 N–H and O–H groups in total. The van der Waals surface area contributed by atoms with Crippen LogP contribution in [-0.4, -0.2) is 26.7 Å². The van der Waals surface area contributed by atoms with E-state index in [9.17, 15) is 4.39 Å². The summed E-state index contributed by atoms with van der Waals surface area (Å²) < 4.78 is 13.5. The summed E-state index contributed by atoms with van der Waals surface area (Å²) in [7, 11) is 2.04. The fourth-order valence-electron chi connectivity index (χ4n) is 3.60. The Bertz CT molecular complexity index is 439. The highest BCUT2D eigenvalue weighted by Crippen LogP contribution is 2.39. The second-order valence-electron chi connectivity index (χ2n) is 6.71. The zero-order valence-electron chi connectivity index (χ0n) is 13.7. The number of nitrogens with one attached hydrogen (secondary N) is 1. The van der Waals surface area contributed by atoms with E-state index >= 15 is 0 Å². The number of hydrogen-bond donors (Lipinski definition) is 1. The molecular weight excluding hydrogens is 263 g/mol. The molecule has 118 valence electrons. The van der Waals surface area contributed by atoms with Crippen LogP contribution in [0.2, 0.25) is 0 Å². The summed E-state index contributed by atoms with van der Waals surface area (Å²) in [5.74, 6) is 0.699. The largest absolute Gasteiger partial charge is 0.371 e. The number of nitrogens with zero attached hydrogens (tertiary/aromatic N) is 1. The minimum atomic E-state index is -0.147. The summed E-state index contributed by atoms with van der Waals surface area (Å²) in [5.41, 5.74) is 1.33. The number of rotatable bonds is 6. The third kappa shape index (κ3) is 4.19. The Labute approximate surface area is 128 Å². The van der Waals surface area contributed by atoms with Gasteiger partial charge in [0, 0.05) is 30.7 Å². The van der Waals surface area contributed by atoms with Crippen molar-refractivity contribution >= 4 is 5.69 Å². The summed E-state index contributed by atoms with van der Waals surface area (Å²) in [5, 5.41) is 3.38. The Hall–Kier alpha value is -1.09. The van der Waals surface area contributed by atoms with Crippen LogP contribution in [0.3, 0.4) is 0 Å². The van der Waals surface area contributed by atoms with Crippen molar-refractivity contribution in [3.05, 3.63) is 30.1 Å². The van der Waals surface area contributed by atoms with Crippen molar-refractivity contribution < 1.29 is 4.39 Å². The van der Waals surface area contributed by atoms with Gasteiger partial charge in [-0.2, -0.15) is 0 Å². The van der Waals surface area contributed by atoms with Gasteiger partial charge in [0.15, 0.2) is 0 Å². The van der Waals surface area contributed by atoms with Crippen molar-refractivity contribution in [3.8, 4) is 0 Å². The maximum absolute atomic E-state index is 13.5. The summed E-state index contributed by atoms with van der Waals surface area (Å²) >= 11 is 0. The molecule has 1 fully saturated rings. The van der Waals surface area contributed by atoms with Crippen molar-refractivity contribution in [3.63, 3.8) is 0 Å². The maximum atomic E-state index is 13.5. The zero-order chi connectivity index (χ0) is 15.3. The van der Waals surface area contributed by atoms with Gasteiger partial charge < -0.3 is 10.2 Å². The highest BCUT2D eigenvalue weighted by atomic mass is 19.1. The van der Waals surface area contributed by atoms with Gasteiger partial charge in [-0.25, -0.2) is 4.39 Å². The number of benzene rings is 1. The van der Waals surface area contributed by atoms with Gasteiger partial charge in [-0.05, 0) is 50.9 Å². The fraction of sp³-hybridized carbons (Fsp3) is 0.667. The molecule has 0 spiro atoms. The van der Waals surface area contributed by atoms with Crippen LogP contribution < -0.4 is 10.2 Å². The second kappa shape index (κ2) is 7.26. The topological polar surface area (TPSA) is 15.3 Å². The second-order valence-corrected chi connectivity index (χ2v) is 6.71. The van der Waals surface area contributed by atoms with E-state index < -0.39 is 0 Å². The normalized spacial score (nSPS) is 25.8. The fourth-order valence-corrected chi connectivity index (χ4v) is 3.60. The number of halogens is 1. The molecule has 0 amide bonds. The molecule has 3 heteroatoms. The van der Waals surface area contributed by atoms with Crippen LogP contribution >= 0.6 is 0 Å². The molecule has 2 rings (SSSR count). The molecule has 0 radical (unpaired) electrons.